The number of rotatable bonds is 6. The number of hydrogen-bond donors (Lipinski definition) is 1. The largest absolute Gasteiger partial charge is 0.497 e. The third-order valence-electron chi connectivity index (χ3n) is 2.83. The third kappa shape index (κ3) is 3.84. The van der Waals surface area contributed by atoms with Crippen LogP contribution in [0.2, 0.25) is 0 Å². The molecule has 2 rings (SSSR count). The second-order valence-electron chi connectivity index (χ2n) is 4.24. The van der Waals surface area contributed by atoms with Crippen molar-refractivity contribution in [2.24, 2.45) is 0 Å². The summed E-state index contributed by atoms with van der Waals surface area (Å²) in [6, 6.07) is 5.30. The van der Waals surface area contributed by atoms with E-state index >= 15 is 0 Å². The molecule has 0 unspecified atom stereocenters. The summed E-state index contributed by atoms with van der Waals surface area (Å²) in [4.78, 5) is 12.1. The van der Waals surface area contributed by atoms with Crippen molar-refractivity contribution >= 4 is 21.8 Å². The third-order valence-corrected chi connectivity index (χ3v) is 3.52. The number of amides is 1. The number of methoxy groups -OCH3 is 1. The van der Waals surface area contributed by atoms with Crippen LogP contribution in [0, 0.1) is 0 Å². The molecule has 0 bridgehead atoms. The molecule has 0 atom stereocenters. The van der Waals surface area contributed by atoms with Crippen molar-refractivity contribution in [3.63, 3.8) is 0 Å². The Labute approximate surface area is 125 Å². The Hall–Kier alpha value is -1.82. The molecular weight excluding hydrogens is 324 g/mol. The summed E-state index contributed by atoms with van der Waals surface area (Å²) in [6.07, 6.45) is 4.94. The van der Waals surface area contributed by atoms with Crippen molar-refractivity contribution in [2.45, 2.75) is 12.8 Å². The van der Waals surface area contributed by atoms with Gasteiger partial charge in [-0.05, 0) is 47.0 Å². The molecule has 1 heterocycles. The van der Waals surface area contributed by atoms with E-state index in [1.54, 1.807) is 37.8 Å². The lowest BCUT2D eigenvalue weighted by molar-refractivity contribution is 0.0952. The minimum atomic E-state index is -0.124. The van der Waals surface area contributed by atoms with Crippen molar-refractivity contribution in [3.05, 3.63) is 46.3 Å². The van der Waals surface area contributed by atoms with Gasteiger partial charge >= 0.3 is 0 Å². The van der Waals surface area contributed by atoms with E-state index in [1.807, 2.05) is 0 Å². The molecule has 1 aromatic carbocycles. The maximum atomic E-state index is 12.1. The number of aromatic nitrogens is 1. The lowest BCUT2D eigenvalue weighted by Gasteiger charge is -2.08. The Bertz CT molecular complexity index is 570. The molecule has 1 aromatic heterocycles. The van der Waals surface area contributed by atoms with Gasteiger partial charge in [0.2, 0.25) is 0 Å². The average Bonchev–Trinajstić information content (AvgIpc) is 2.97. The monoisotopic (exact) mass is 338 g/mol. The van der Waals surface area contributed by atoms with Gasteiger partial charge in [-0.15, -0.1) is 0 Å². The van der Waals surface area contributed by atoms with E-state index in [2.05, 4.69) is 26.4 Å². The Kier molecular flexibility index (Phi) is 5.17. The number of aryl methyl sites for hydroxylation is 1. The van der Waals surface area contributed by atoms with Gasteiger partial charge < -0.3 is 14.6 Å². The van der Waals surface area contributed by atoms with E-state index in [0.717, 1.165) is 22.9 Å². The van der Waals surface area contributed by atoms with Gasteiger partial charge in [-0.1, -0.05) is 5.16 Å². The van der Waals surface area contributed by atoms with Crippen LogP contribution in [-0.2, 0) is 6.42 Å². The van der Waals surface area contributed by atoms with Gasteiger partial charge in [0, 0.05) is 16.6 Å². The molecule has 0 aliphatic heterocycles. The van der Waals surface area contributed by atoms with Gasteiger partial charge in [-0.2, -0.15) is 0 Å². The van der Waals surface area contributed by atoms with Crippen molar-refractivity contribution in [2.75, 3.05) is 13.7 Å². The van der Waals surface area contributed by atoms with Gasteiger partial charge in [-0.25, -0.2) is 0 Å². The summed E-state index contributed by atoms with van der Waals surface area (Å²) in [5, 5.41) is 6.51. The van der Waals surface area contributed by atoms with Gasteiger partial charge in [0.05, 0.1) is 18.9 Å². The predicted molar refractivity (Wildman–Crippen MR) is 77.9 cm³/mol. The molecule has 0 radical (unpaired) electrons. The van der Waals surface area contributed by atoms with Gasteiger partial charge in [-0.3, -0.25) is 4.79 Å². The molecule has 20 heavy (non-hydrogen) atoms. The van der Waals surface area contributed by atoms with E-state index < -0.39 is 0 Å². The molecule has 2 aromatic rings. The second kappa shape index (κ2) is 7.09. The summed E-state index contributed by atoms with van der Waals surface area (Å²) in [6.45, 7) is 0.591. The van der Waals surface area contributed by atoms with Crippen LogP contribution in [0.4, 0.5) is 0 Å². The van der Waals surface area contributed by atoms with Crippen molar-refractivity contribution < 1.29 is 14.1 Å². The number of benzene rings is 1. The first-order valence-corrected chi connectivity index (χ1v) is 7.00. The highest BCUT2D eigenvalue weighted by Crippen LogP contribution is 2.22. The minimum absolute atomic E-state index is 0.124. The molecule has 0 fully saturated rings. The van der Waals surface area contributed by atoms with Gasteiger partial charge in [0.1, 0.15) is 12.0 Å². The number of nitrogens with zero attached hydrogens (tertiary/aromatic N) is 1. The summed E-state index contributed by atoms with van der Waals surface area (Å²) in [5.74, 6) is 0.531. The molecule has 0 aliphatic carbocycles. The van der Waals surface area contributed by atoms with Crippen LogP contribution in [0.1, 0.15) is 22.3 Å². The van der Waals surface area contributed by atoms with E-state index in [1.165, 1.54) is 0 Å². The van der Waals surface area contributed by atoms with Crippen LogP contribution in [-0.4, -0.2) is 24.7 Å². The molecule has 106 valence electrons. The van der Waals surface area contributed by atoms with E-state index in [0.29, 0.717) is 17.9 Å². The van der Waals surface area contributed by atoms with Crippen LogP contribution in [0.25, 0.3) is 0 Å². The Balaban J connectivity index is 1.85. The SMILES string of the molecule is COc1ccc(Br)c(C(=O)NCCCc2cnoc2)c1. The van der Waals surface area contributed by atoms with Crippen LogP contribution in [0.15, 0.2) is 39.7 Å². The first-order chi connectivity index (χ1) is 9.70. The Morgan fingerprint density at radius 1 is 1.50 bits per heavy atom. The zero-order valence-electron chi connectivity index (χ0n) is 11.1. The second-order valence-corrected chi connectivity index (χ2v) is 5.09. The topological polar surface area (TPSA) is 64.4 Å². The normalized spacial score (nSPS) is 10.3. The van der Waals surface area contributed by atoms with Crippen molar-refractivity contribution in [3.8, 4) is 5.75 Å². The molecule has 0 saturated carbocycles. The van der Waals surface area contributed by atoms with Gasteiger partial charge in [0.15, 0.2) is 0 Å². The van der Waals surface area contributed by atoms with E-state index in [-0.39, 0.29) is 5.91 Å². The highest BCUT2D eigenvalue weighted by molar-refractivity contribution is 9.10. The summed E-state index contributed by atoms with van der Waals surface area (Å²) < 4.78 is 10.6. The van der Waals surface area contributed by atoms with E-state index in [9.17, 15) is 4.79 Å². The standard InChI is InChI=1S/C14H15BrN2O3/c1-19-11-4-5-13(15)12(7-11)14(18)16-6-2-3-10-8-17-20-9-10/h4-5,7-9H,2-3,6H2,1H3,(H,16,18). The number of ether oxygens (including phenoxy) is 1. The zero-order valence-corrected chi connectivity index (χ0v) is 12.6. The smallest absolute Gasteiger partial charge is 0.252 e. The molecule has 0 aliphatic rings. The molecule has 5 nitrogen and oxygen atoms in total. The van der Waals surface area contributed by atoms with Crippen LogP contribution in [0.5, 0.6) is 5.75 Å². The Morgan fingerprint density at radius 2 is 2.35 bits per heavy atom. The maximum Gasteiger partial charge on any atom is 0.252 e. The molecule has 6 heteroatoms. The molecule has 1 N–H and O–H groups in total. The fourth-order valence-electron chi connectivity index (χ4n) is 1.75. The average molecular weight is 339 g/mol. The number of carbonyl (C=O) groups is 1. The lowest BCUT2D eigenvalue weighted by Crippen LogP contribution is -2.25. The number of carbonyl (C=O) groups excluding carboxylic acids is 1. The summed E-state index contributed by atoms with van der Waals surface area (Å²) in [5.41, 5.74) is 1.59. The highest BCUT2D eigenvalue weighted by atomic mass is 79.9. The molecule has 0 saturated heterocycles. The molecular formula is C14H15BrN2O3. The van der Waals surface area contributed by atoms with Gasteiger partial charge in [0.25, 0.3) is 5.91 Å². The Morgan fingerprint density at radius 3 is 3.05 bits per heavy atom. The first kappa shape index (κ1) is 14.6. The zero-order chi connectivity index (χ0) is 14.4. The van der Waals surface area contributed by atoms with Crippen molar-refractivity contribution in [1.29, 1.82) is 0 Å². The van der Waals surface area contributed by atoms with Crippen LogP contribution < -0.4 is 10.1 Å². The van der Waals surface area contributed by atoms with E-state index in [4.69, 9.17) is 9.26 Å². The van der Waals surface area contributed by atoms with Crippen LogP contribution in [0.3, 0.4) is 0 Å². The number of halogens is 1. The summed E-state index contributed by atoms with van der Waals surface area (Å²) >= 11 is 3.36. The summed E-state index contributed by atoms with van der Waals surface area (Å²) in [7, 11) is 1.57. The fourth-order valence-corrected chi connectivity index (χ4v) is 2.17. The molecule has 1 amide bonds. The number of nitrogens with one attached hydrogen (secondary N) is 1. The molecule has 0 spiro atoms. The lowest BCUT2D eigenvalue weighted by atomic mass is 10.2. The quantitative estimate of drug-likeness (QED) is 0.822. The predicted octanol–water partition coefficient (Wildman–Crippen LogP) is 2.81. The fraction of sp³-hybridized carbons (Fsp3) is 0.286. The van der Waals surface area contributed by atoms with Crippen molar-refractivity contribution in [1.82, 2.24) is 10.5 Å². The van der Waals surface area contributed by atoms with Crippen LogP contribution >= 0.6 is 15.9 Å². The highest BCUT2D eigenvalue weighted by Gasteiger charge is 2.10. The first-order valence-electron chi connectivity index (χ1n) is 6.20. The number of hydrogen-bond acceptors (Lipinski definition) is 4. The minimum Gasteiger partial charge on any atom is -0.497 e. The maximum absolute atomic E-state index is 12.1.